The van der Waals surface area contributed by atoms with Crippen LogP contribution >= 0.6 is 27.5 Å². The third-order valence-electron chi connectivity index (χ3n) is 5.62. The number of ether oxygens (including phenoxy) is 1. The van der Waals surface area contributed by atoms with Crippen molar-refractivity contribution >= 4 is 45.3 Å². The van der Waals surface area contributed by atoms with Crippen molar-refractivity contribution in [1.29, 1.82) is 0 Å². The highest BCUT2D eigenvalue weighted by Gasteiger charge is 2.22. The van der Waals surface area contributed by atoms with Crippen LogP contribution in [0.1, 0.15) is 28.8 Å². The van der Waals surface area contributed by atoms with Crippen LogP contribution in [0, 0.1) is 5.92 Å². The molecule has 3 aromatic rings. The van der Waals surface area contributed by atoms with E-state index in [1.165, 1.54) is 5.56 Å². The third kappa shape index (κ3) is 6.34. The van der Waals surface area contributed by atoms with Gasteiger partial charge in [-0.05, 0) is 77.6 Å². The number of hydrogen-bond acceptors (Lipinski definition) is 6. The molecule has 1 saturated heterocycles. The van der Waals surface area contributed by atoms with Crippen molar-refractivity contribution in [3.63, 3.8) is 0 Å². The maximum Gasteiger partial charge on any atom is 0.414 e. The monoisotopic (exact) mass is 546 g/mol. The predicted molar refractivity (Wildman–Crippen MR) is 132 cm³/mol. The number of aromatic amines is 1. The number of amides is 2. The number of likely N-dealkylation sites (tertiary alicyclic amines) is 1. The van der Waals surface area contributed by atoms with Crippen LogP contribution in [0.2, 0.25) is 5.02 Å². The Kier molecular flexibility index (Phi) is 8.15. The molecule has 178 valence electrons. The van der Waals surface area contributed by atoms with Gasteiger partial charge in [0.1, 0.15) is 10.3 Å². The first kappa shape index (κ1) is 24.2. The molecule has 1 fully saturated rings. The van der Waals surface area contributed by atoms with Crippen LogP contribution < -0.4 is 15.4 Å². The molecule has 1 aromatic carbocycles. The zero-order chi connectivity index (χ0) is 23.9. The van der Waals surface area contributed by atoms with E-state index in [1.54, 1.807) is 24.3 Å². The summed E-state index contributed by atoms with van der Waals surface area (Å²) in [4.78, 5) is 31.2. The molecule has 2 amide bonds. The van der Waals surface area contributed by atoms with Gasteiger partial charge in [0.05, 0.1) is 10.6 Å². The summed E-state index contributed by atoms with van der Waals surface area (Å²) in [6, 6.07) is 10.8. The second-order valence-corrected chi connectivity index (χ2v) is 9.20. The summed E-state index contributed by atoms with van der Waals surface area (Å²) in [5.41, 5.74) is 1.57. The van der Waals surface area contributed by atoms with Gasteiger partial charge in [-0.25, -0.2) is 4.79 Å². The number of H-pyrrole nitrogens is 1. The average molecular weight is 548 g/mol. The first-order valence-electron chi connectivity index (χ1n) is 10.9. The fourth-order valence-corrected chi connectivity index (χ4v) is 4.31. The average Bonchev–Trinajstić information content (AvgIpc) is 3.18. The van der Waals surface area contributed by atoms with Gasteiger partial charge < -0.3 is 15.4 Å². The number of halogens is 2. The molecule has 0 aliphatic carbocycles. The van der Waals surface area contributed by atoms with Crippen molar-refractivity contribution < 1.29 is 14.3 Å². The lowest BCUT2D eigenvalue weighted by Crippen LogP contribution is -2.39. The molecular weight excluding hydrogens is 524 g/mol. The highest BCUT2D eigenvalue weighted by atomic mass is 79.9. The molecule has 0 radical (unpaired) electrons. The largest absolute Gasteiger partial charge is 0.414 e. The number of nitrogens with one attached hydrogen (secondary N) is 3. The Hall–Kier alpha value is -2.95. The lowest BCUT2D eigenvalue weighted by molar-refractivity contribution is 0.102. The van der Waals surface area contributed by atoms with Gasteiger partial charge in [-0.2, -0.15) is 0 Å². The Morgan fingerprint density at radius 2 is 1.91 bits per heavy atom. The smallest absolute Gasteiger partial charge is 0.388 e. The van der Waals surface area contributed by atoms with Gasteiger partial charge in [0.25, 0.3) is 11.8 Å². The van der Waals surface area contributed by atoms with E-state index in [4.69, 9.17) is 16.3 Å². The zero-order valence-corrected chi connectivity index (χ0v) is 20.6. The highest BCUT2D eigenvalue weighted by molar-refractivity contribution is 9.10. The van der Waals surface area contributed by atoms with Crippen molar-refractivity contribution in [1.82, 2.24) is 25.4 Å². The molecule has 0 atom stereocenters. The van der Waals surface area contributed by atoms with E-state index in [1.807, 2.05) is 24.5 Å². The normalized spacial score (nSPS) is 14.5. The number of nitrogens with zero attached hydrogens (tertiary/aromatic N) is 3. The molecule has 34 heavy (non-hydrogen) atoms. The number of hydrogen-bond donors (Lipinski definition) is 3. The van der Waals surface area contributed by atoms with E-state index < -0.39 is 12.0 Å². The molecule has 0 spiro atoms. The fraction of sp³-hybridized carbons (Fsp3) is 0.304. The molecule has 0 bridgehead atoms. The van der Waals surface area contributed by atoms with Crippen LogP contribution in [0.25, 0.3) is 0 Å². The Morgan fingerprint density at radius 3 is 2.65 bits per heavy atom. The maximum atomic E-state index is 12.4. The first-order valence-corrected chi connectivity index (χ1v) is 12.0. The number of carbonyl (C=O) groups excluding carboxylic acids is 2. The second-order valence-electron chi connectivity index (χ2n) is 8.00. The van der Waals surface area contributed by atoms with E-state index in [0.29, 0.717) is 27.5 Å². The second kappa shape index (κ2) is 11.5. The molecule has 2 aromatic heterocycles. The molecule has 4 rings (SSSR count). The van der Waals surface area contributed by atoms with Crippen LogP contribution in [0.15, 0.2) is 53.3 Å². The number of piperidine rings is 1. The van der Waals surface area contributed by atoms with E-state index in [-0.39, 0.29) is 11.7 Å². The van der Waals surface area contributed by atoms with Crippen LogP contribution in [-0.2, 0) is 6.54 Å². The number of rotatable bonds is 7. The van der Waals surface area contributed by atoms with Gasteiger partial charge in [-0.3, -0.25) is 19.8 Å². The van der Waals surface area contributed by atoms with Crippen molar-refractivity contribution in [3.8, 4) is 5.88 Å². The highest BCUT2D eigenvalue weighted by Crippen LogP contribution is 2.30. The predicted octanol–water partition coefficient (Wildman–Crippen LogP) is 4.47. The van der Waals surface area contributed by atoms with Gasteiger partial charge in [0.2, 0.25) is 0 Å². The molecule has 0 unspecified atom stereocenters. The summed E-state index contributed by atoms with van der Waals surface area (Å²) < 4.78 is 5.62. The maximum absolute atomic E-state index is 12.4. The van der Waals surface area contributed by atoms with E-state index in [9.17, 15) is 9.59 Å². The topological polar surface area (TPSA) is 112 Å². The van der Waals surface area contributed by atoms with E-state index in [0.717, 1.165) is 32.5 Å². The number of carbonyl (C=O) groups is 2. The minimum absolute atomic E-state index is 0.0270. The molecule has 9 nitrogen and oxygen atoms in total. The van der Waals surface area contributed by atoms with E-state index in [2.05, 4.69) is 46.6 Å². The fourth-order valence-electron chi connectivity index (χ4n) is 3.74. The summed E-state index contributed by atoms with van der Waals surface area (Å²) in [6.45, 7) is 3.39. The van der Waals surface area contributed by atoms with Gasteiger partial charge in [0, 0.05) is 25.5 Å². The van der Waals surface area contributed by atoms with Crippen LogP contribution in [0.4, 0.5) is 10.6 Å². The minimum atomic E-state index is -0.601. The van der Waals surface area contributed by atoms with Gasteiger partial charge >= 0.3 is 6.09 Å². The molecule has 0 saturated carbocycles. The number of benzene rings is 1. The Bertz CT molecular complexity index is 1130. The van der Waals surface area contributed by atoms with E-state index >= 15 is 0 Å². The van der Waals surface area contributed by atoms with Gasteiger partial charge in [0.15, 0.2) is 0 Å². The SMILES string of the molecule is O=C(NCC1CCN(Cc2ccncc2)CC1)Oc1n[nH]c(NC(=O)c2ccccc2Cl)c1Br. The summed E-state index contributed by atoms with van der Waals surface area (Å²) in [5, 5.41) is 12.4. The van der Waals surface area contributed by atoms with Crippen molar-refractivity contribution in [2.24, 2.45) is 5.92 Å². The molecule has 11 heteroatoms. The minimum Gasteiger partial charge on any atom is -0.388 e. The quantitative estimate of drug-likeness (QED) is 0.402. The zero-order valence-electron chi connectivity index (χ0n) is 18.3. The number of anilines is 1. The van der Waals surface area contributed by atoms with Gasteiger partial charge in [-0.1, -0.05) is 23.7 Å². The standard InChI is InChI=1S/C23H24BrClN6O3/c24-19-20(28-21(32)17-3-1-2-4-18(17)25)29-30-22(19)34-23(33)27-13-15-7-11-31(12-8-15)14-16-5-9-26-10-6-16/h1-6,9-10,15H,7-8,11-14H2,(H,27,33)(H2,28,29,30,32). The lowest BCUT2D eigenvalue weighted by atomic mass is 9.96. The van der Waals surface area contributed by atoms with Crippen molar-refractivity contribution in [2.75, 3.05) is 25.0 Å². The summed E-state index contributed by atoms with van der Waals surface area (Å²) in [5.74, 6) is 0.254. The molecule has 3 N–H and O–H groups in total. The third-order valence-corrected chi connectivity index (χ3v) is 6.69. The summed E-state index contributed by atoms with van der Waals surface area (Å²) in [6.07, 6.45) is 5.01. The van der Waals surface area contributed by atoms with Gasteiger partial charge in [-0.15, -0.1) is 5.10 Å². The Morgan fingerprint density at radius 1 is 1.18 bits per heavy atom. The van der Waals surface area contributed by atoms with Crippen molar-refractivity contribution in [3.05, 3.63) is 69.4 Å². The van der Waals surface area contributed by atoms with Crippen LogP contribution in [0.5, 0.6) is 5.88 Å². The van der Waals surface area contributed by atoms with Crippen molar-refractivity contribution in [2.45, 2.75) is 19.4 Å². The lowest BCUT2D eigenvalue weighted by Gasteiger charge is -2.31. The number of aromatic nitrogens is 3. The molecule has 3 heterocycles. The summed E-state index contributed by atoms with van der Waals surface area (Å²) >= 11 is 9.37. The van der Waals surface area contributed by atoms with Crippen LogP contribution in [0.3, 0.4) is 0 Å². The first-order chi connectivity index (χ1) is 16.5. The number of pyridine rings is 1. The Labute approximate surface area is 210 Å². The summed E-state index contributed by atoms with van der Waals surface area (Å²) in [7, 11) is 0. The van der Waals surface area contributed by atoms with Crippen LogP contribution in [-0.4, -0.2) is 51.7 Å². The molecule has 1 aliphatic rings. The Balaban J connectivity index is 1.21. The molecular formula is C23H24BrClN6O3. The molecule has 1 aliphatic heterocycles.